The summed E-state index contributed by atoms with van der Waals surface area (Å²) in [5.74, 6) is -0.325. The number of benzene rings is 1. The lowest BCUT2D eigenvalue weighted by molar-refractivity contribution is 0.0600. The lowest BCUT2D eigenvalue weighted by atomic mass is 10.2. The van der Waals surface area contributed by atoms with Crippen LogP contribution in [0.15, 0.2) is 58.6 Å². The average molecular weight is 245 g/mol. The van der Waals surface area contributed by atoms with E-state index in [-0.39, 0.29) is 5.97 Å². The zero-order valence-electron chi connectivity index (χ0n) is 9.29. The molecule has 1 aromatic carbocycles. The number of carbonyl (C=O) groups is 1. The van der Waals surface area contributed by atoms with E-state index >= 15 is 0 Å². The first-order valence-electron chi connectivity index (χ1n) is 5.07. The smallest absolute Gasteiger partial charge is 0.337 e. The second-order valence-corrected chi connectivity index (χ2v) is 4.38. The Kier molecular flexibility index (Phi) is 3.77. The van der Waals surface area contributed by atoms with Crippen LogP contribution in [-0.4, -0.2) is 18.1 Å². The normalized spacial score (nSPS) is 9.94. The minimum Gasteiger partial charge on any atom is -0.465 e. The summed E-state index contributed by atoms with van der Waals surface area (Å²) in [6.45, 7) is 0. The van der Waals surface area contributed by atoms with E-state index in [4.69, 9.17) is 0 Å². The average Bonchev–Trinajstić information content (AvgIpc) is 2.39. The van der Waals surface area contributed by atoms with E-state index in [2.05, 4.69) is 9.72 Å². The second-order valence-electron chi connectivity index (χ2n) is 3.29. The number of methoxy groups -OCH3 is 1. The lowest BCUT2D eigenvalue weighted by Gasteiger charge is -2.03. The number of hydrogen-bond donors (Lipinski definition) is 0. The number of esters is 1. The van der Waals surface area contributed by atoms with Crippen molar-refractivity contribution >= 4 is 17.7 Å². The molecule has 3 nitrogen and oxygen atoms in total. The van der Waals surface area contributed by atoms with E-state index in [1.165, 1.54) is 18.9 Å². The van der Waals surface area contributed by atoms with Gasteiger partial charge in [0.1, 0.15) is 5.03 Å². The number of hydrogen-bond acceptors (Lipinski definition) is 4. The van der Waals surface area contributed by atoms with Crippen LogP contribution in [-0.2, 0) is 4.74 Å². The molecule has 0 N–H and O–H groups in total. The maximum Gasteiger partial charge on any atom is 0.337 e. The van der Waals surface area contributed by atoms with Crippen molar-refractivity contribution in [2.45, 2.75) is 9.92 Å². The minimum absolute atomic E-state index is 0.325. The molecule has 0 aliphatic heterocycles. The summed E-state index contributed by atoms with van der Waals surface area (Å²) in [7, 11) is 1.38. The van der Waals surface area contributed by atoms with E-state index < -0.39 is 0 Å². The summed E-state index contributed by atoms with van der Waals surface area (Å²) in [6.07, 6.45) is 1.74. The van der Waals surface area contributed by atoms with E-state index in [1.54, 1.807) is 18.3 Å². The zero-order valence-corrected chi connectivity index (χ0v) is 10.1. The van der Waals surface area contributed by atoms with Crippen molar-refractivity contribution in [2.24, 2.45) is 0 Å². The molecular weight excluding hydrogens is 234 g/mol. The zero-order chi connectivity index (χ0) is 12.1. The highest BCUT2D eigenvalue weighted by Gasteiger charge is 2.06. The predicted molar refractivity (Wildman–Crippen MR) is 66.1 cm³/mol. The number of ether oxygens (including phenoxy) is 1. The van der Waals surface area contributed by atoms with E-state index in [9.17, 15) is 4.79 Å². The maximum absolute atomic E-state index is 11.4. The first-order valence-corrected chi connectivity index (χ1v) is 5.88. The topological polar surface area (TPSA) is 39.2 Å². The summed E-state index contributed by atoms with van der Waals surface area (Å²) in [5, 5.41) is 0.898. The van der Waals surface area contributed by atoms with Gasteiger partial charge in [-0.15, -0.1) is 0 Å². The molecule has 0 bridgehead atoms. The monoisotopic (exact) mass is 245 g/mol. The molecule has 0 fully saturated rings. The number of rotatable bonds is 3. The molecule has 0 saturated heterocycles. The fraction of sp³-hybridized carbons (Fsp3) is 0.0769. The van der Waals surface area contributed by atoms with Crippen LogP contribution in [0.4, 0.5) is 0 Å². The molecule has 2 rings (SSSR count). The van der Waals surface area contributed by atoms with Gasteiger partial charge in [-0.25, -0.2) is 9.78 Å². The highest BCUT2D eigenvalue weighted by molar-refractivity contribution is 7.99. The molecular formula is C13H11NO2S. The van der Waals surface area contributed by atoms with Crippen LogP contribution in [0.25, 0.3) is 0 Å². The second kappa shape index (κ2) is 5.50. The molecule has 1 aromatic heterocycles. The Morgan fingerprint density at radius 1 is 1.24 bits per heavy atom. The van der Waals surface area contributed by atoms with Crippen molar-refractivity contribution in [3.8, 4) is 0 Å². The lowest BCUT2D eigenvalue weighted by Crippen LogP contribution is -2.00. The Bertz CT molecular complexity index is 514. The van der Waals surface area contributed by atoms with Crippen molar-refractivity contribution in [3.05, 3.63) is 54.2 Å². The highest BCUT2D eigenvalue weighted by Crippen LogP contribution is 2.26. The van der Waals surface area contributed by atoms with Gasteiger partial charge < -0.3 is 4.74 Å². The standard InChI is InChI=1S/C13H11NO2S/c1-16-13(15)10-5-4-6-11(9-10)17-12-7-2-3-8-14-12/h2-9H,1H3. The van der Waals surface area contributed by atoms with Gasteiger partial charge in [-0.2, -0.15) is 0 Å². The molecule has 0 aliphatic rings. The Morgan fingerprint density at radius 2 is 2.12 bits per heavy atom. The molecule has 86 valence electrons. The summed E-state index contributed by atoms with van der Waals surface area (Å²) in [5.41, 5.74) is 0.549. The van der Waals surface area contributed by atoms with Crippen LogP contribution >= 0.6 is 11.8 Å². The molecule has 0 atom stereocenters. The largest absolute Gasteiger partial charge is 0.465 e. The van der Waals surface area contributed by atoms with Crippen molar-refractivity contribution in [3.63, 3.8) is 0 Å². The van der Waals surface area contributed by atoms with Crippen LogP contribution in [0.2, 0.25) is 0 Å². The predicted octanol–water partition coefficient (Wildman–Crippen LogP) is 3.02. The Hall–Kier alpha value is -1.81. The molecule has 2 aromatic rings. The van der Waals surface area contributed by atoms with Gasteiger partial charge in [-0.05, 0) is 30.3 Å². The number of aromatic nitrogens is 1. The van der Waals surface area contributed by atoms with Crippen LogP contribution in [0.1, 0.15) is 10.4 Å². The fourth-order valence-electron chi connectivity index (χ4n) is 1.33. The Morgan fingerprint density at radius 3 is 2.82 bits per heavy atom. The molecule has 0 amide bonds. The Balaban J connectivity index is 2.20. The summed E-state index contributed by atoms with van der Waals surface area (Å²) in [4.78, 5) is 16.6. The van der Waals surface area contributed by atoms with Crippen LogP contribution in [0, 0.1) is 0 Å². The van der Waals surface area contributed by atoms with Gasteiger partial charge in [0.05, 0.1) is 12.7 Å². The first kappa shape index (κ1) is 11.7. The number of carbonyl (C=O) groups excluding carboxylic acids is 1. The van der Waals surface area contributed by atoms with Crippen molar-refractivity contribution in [2.75, 3.05) is 7.11 Å². The van der Waals surface area contributed by atoms with Crippen LogP contribution in [0.5, 0.6) is 0 Å². The van der Waals surface area contributed by atoms with Crippen LogP contribution < -0.4 is 0 Å². The van der Waals surface area contributed by atoms with E-state index in [0.29, 0.717) is 5.56 Å². The first-order chi connectivity index (χ1) is 8.29. The third kappa shape index (κ3) is 3.07. The molecule has 1 heterocycles. The molecule has 0 spiro atoms. The summed E-state index contributed by atoms with van der Waals surface area (Å²) < 4.78 is 4.68. The fourth-order valence-corrected chi connectivity index (χ4v) is 2.17. The molecule has 0 aliphatic carbocycles. The third-order valence-electron chi connectivity index (χ3n) is 2.12. The van der Waals surface area contributed by atoms with E-state index in [1.807, 2.05) is 30.3 Å². The number of pyridine rings is 1. The van der Waals surface area contributed by atoms with Gasteiger partial charge in [0.25, 0.3) is 0 Å². The molecule has 4 heteroatoms. The van der Waals surface area contributed by atoms with Gasteiger partial charge in [-0.3, -0.25) is 0 Å². The highest BCUT2D eigenvalue weighted by atomic mass is 32.2. The third-order valence-corrected chi connectivity index (χ3v) is 3.06. The van der Waals surface area contributed by atoms with Crippen molar-refractivity contribution < 1.29 is 9.53 Å². The van der Waals surface area contributed by atoms with Crippen molar-refractivity contribution in [1.82, 2.24) is 4.98 Å². The maximum atomic E-state index is 11.4. The van der Waals surface area contributed by atoms with Gasteiger partial charge in [-0.1, -0.05) is 23.9 Å². The van der Waals surface area contributed by atoms with Gasteiger partial charge in [0.2, 0.25) is 0 Å². The molecule has 0 unspecified atom stereocenters. The quantitative estimate of drug-likeness (QED) is 0.779. The van der Waals surface area contributed by atoms with E-state index in [0.717, 1.165) is 9.92 Å². The van der Waals surface area contributed by atoms with Gasteiger partial charge in [0, 0.05) is 11.1 Å². The Labute approximate surface area is 104 Å². The van der Waals surface area contributed by atoms with Gasteiger partial charge in [0.15, 0.2) is 0 Å². The number of nitrogens with zero attached hydrogens (tertiary/aromatic N) is 1. The van der Waals surface area contributed by atoms with Crippen molar-refractivity contribution in [1.29, 1.82) is 0 Å². The summed E-state index contributed by atoms with van der Waals surface area (Å²) in [6, 6.07) is 13.0. The molecule has 17 heavy (non-hydrogen) atoms. The molecule has 0 radical (unpaired) electrons. The van der Waals surface area contributed by atoms with Gasteiger partial charge >= 0.3 is 5.97 Å². The minimum atomic E-state index is -0.325. The molecule has 0 saturated carbocycles. The SMILES string of the molecule is COC(=O)c1cccc(Sc2ccccn2)c1. The van der Waals surface area contributed by atoms with Crippen LogP contribution in [0.3, 0.4) is 0 Å². The summed E-state index contributed by atoms with van der Waals surface area (Å²) >= 11 is 1.51.